The van der Waals surface area contributed by atoms with Gasteiger partial charge in [0.2, 0.25) is 5.91 Å². The average Bonchev–Trinajstić information content (AvgIpc) is 2.52. The van der Waals surface area contributed by atoms with Gasteiger partial charge in [0.1, 0.15) is 17.2 Å². The highest BCUT2D eigenvalue weighted by molar-refractivity contribution is 5.78. The molecule has 0 bridgehead atoms. The van der Waals surface area contributed by atoms with Crippen LogP contribution < -0.4 is 5.32 Å². The Hall–Kier alpha value is -2.48. The minimum absolute atomic E-state index is 0.143. The van der Waals surface area contributed by atoms with Crippen molar-refractivity contribution in [2.24, 2.45) is 0 Å². The molecule has 3 nitrogen and oxygen atoms in total. The predicted molar refractivity (Wildman–Crippen MR) is 84.1 cm³/mol. The normalized spacial score (nSPS) is 14.0. The van der Waals surface area contributed by atoms with E-state index in [1.54, 1.807) is 0 Å². The SMILES string of the molecule is CC(O)(CNC(=O)Cc1cccc(C(F)(F)F)c1)c1ccc(F)cc1F. The molecule has 1 unspecified atom stereocenters. The molecule has 0 aliphatic heterocycles. The van der Waals surface area contributed by atoms with Crippen molar-refractivity contribution in [2.45, 2.75) is 25.1 Å². The second kappa shape index (κ2) is 7.41. The first-order chi connectivity index (χ1) is 12.0. The smallest absolute Gasteiger partial charge is 0.383 e. The van der Waals surface area contributed by atoms with Gasteiger partial charge in [0.15, 0.2) is 0 Å². The quantitative estimate of drug-likeness (QED) is 0.788. The van der Waals surface area contributed by atoms with Crippen molar-refractivity contribution in [3.05, 3.63) is 70.8 Å². The van der Waals surface area contributed by atoms with Gasteiger partial charge in [-0.2, -0.15) is 13.2 Å². The van der Waals surface area contributed by atoms with Crippen LogP contribution in [-0.4, -0.2) is 17.6 Å². The Morgan fingerprint density at radius 3 is 2.42 bits per heavy atom. The van der Waals surface area contributed by atoms with E-state index in [9.17, 15) is 31.9 Å². The standard InChI is InChI=1S/C18H16F5NO2/c1-17(26,14-6-5-13(19)9-15(14)20)10-24-16(25)8-11-3-2-4-12(7-11)18(21,22)23/h2-7,9,26H,8,10H2,1H3,(H,24,25). The van der Waals surface area contributed by atoms with Gasteiger partial charge in [-0.1, -0.05) is 24.3 Å². The van der Waals surface area contributed by atoms with Gasteiger partial charge in [0.05, 0.1) is 18.5 Å². The third-order valence-electron chi connectivity index (χ3n) is 3.76. The van der Waals surface area contributed by atoms with E-state index in [4.69, 9.17) is 0 Å². The van der Waals surface area contributed by atoms with Crippen LogP contribution in [0.3, 0.4) is 0 Å². The maximum Gasteiger partial charge on any atom is 0.416 e. The molecule has 1 atom stereocenters. The van der Waals surface area contributed by atoms with Crippen LogP contribution in [0.5, 0.6) is 0 Å². The monoisotopic (exact) mass is 373 g/mol. The van der Waals surface area contributed by atoms with Crippen molar-refractivity contribution in [3.8, 4) is 0 Å². The number of amides is 1. The van der Waals surface area contributed by atoms with E-state index in [2.05, 4.69) is 5.32 Å². The molecule has 8 heteroatoms. The van der Waals surface area contributed by atoms with Gasteiger partial charge in [0, 0.05) is 11.6 Å². The second-order valence-electron chi connectivity index (χ2n) is 6.05. The molecule has 2 N–H and O–H groups in total. The van der Waals surface area contributed by atoms with E-state index < -0.39 is 41.4 Å². The van der Waals surface area contributed by atoms with E-state index in [1.807, 2.05) is 0 Å². The number of hydrogen-bond acceptors (Lipinski definition) is 2. The van der Waals surface area contributed by atoms with E-state index in [1.165, 1.54) is 19.1 Å². The zero-order valence-corrected chi connectivity index (χ0v) is 13.7. The summed E-state index contributed by atoms with van der Waals surface area (Å²) in [6, 6.07) is 6.94. The highest BCUT2D eigenvalue weighted by Crippen LogP contribution is 2.29. The minimum atomic E-state index is -4.52. The fourth-order valence-corrected chi connectivity index (χ4v) is 2.40. The van der Waals surface area contributed by atoms with Crippen molar-refractivity contribution in [1.29, 1.82) is 0 Å². The number of hydrogen-bond donors (Lipinski definition) is 2. The van der Waals surface area contributed by atoms with Crippen LogP contribution in [0, 0.1) is 11.6 Å². The Labute approximate surface area is 146 Å². The van der Waals surface area contributed by atoms with Gasteiger partial charge in [-0.25, -0.2) is 8.78 Å². The molecule has 0 spiro atoms. The fraction of sp³-hybridized carbons (Fsp3) is 0.278. The Balaban J connectivity index is 2.02. The Bertz CT molecular complexity index is 802. The molecule has 0 aromatic heterocycles. The van der Waals surface area contributed by atoms with Crippen molar-refractivity contribution in [1.82, 2.24) is 5.32 Å². The Kier molecular flexibility index (Phi) is 5.65. The number of aliphatic hydroxyl groups is 1. The zero-order valence-electron chi connectivity index (χ0n) is 13.7. The molecule has 0 aliphatic rings. The summed E-state index contributed by atoms with van der Waals surface area (Å²) in [6.07, 6.45) is -4.86. The number of alkyl halides is 3. The molecule has 2 aromatic carbocycles. The van der Waals surface area contributed by atoms with Crippen LogP contribution in [0.1, 0.15) is 23.6 Å². The van der Waals surface area contributed by atoms with Gasteiger partial charge in [-0.3, -0.25) is 4.79 Å². The van der Waals surface area contributed by atoms with Gasteiger partial charge in [-0.05, 0) is 24.6 Å². The third-order valence-corrected chi connectivity index (χ3v) is 3.76. The first kappa shape index (κ1) is 19.8. The van der Waals surface area contributed by atoms with Gasteiger partial charge in [0.25, 0.3) is 0 Å². The lowest BCUT2D eigenvalue weighted by Crippen LogP contribution is -2.39. The topological polar surface area (TPSA) is 49.3 Å². The number of carbonyl (C=O) groups excluding carboxylic acids is 1. The molecule has 1 amide bonds. The number of halogens is 5. The molecular weight excluding hydrogens is 357 g/mol. The number of carbonyl (C=O) groups is 1. The summed E-state index contributed by atoms with van der Waals surface area (Å²) in [5.41, 5.74) is -2.76. The van der Waals surface area contributed by atoms with E-state index in [0.717, 1.165) is 24.3 Å². The van der Waals surface area contributed by atoms with Gasteiger partial charge in [-0.15, -0.1) is 0 Å². The lowest BCUT2D eigenvalue weighted by Gasteiger charge is -2.24. The molecule has 0 aliphatic carbocycles. The molecule has 0 heterocycles. The van der Waals surface area contributed by atoms with Crippen LogP contribution in [0.25, 0.3) is 0 Å². The summed E-state index contributed by atoms with van der Waals surface area (Å²) in [5.74, 6) is -2.43. The van der Waals surface area contributed by atoms with Gasteiger partial charge >= 0.3 is 6.18 Å². The third kappa shape index (κ3) is 5.01. The first-order valence-corrected chi connectivity index (χ1v) is 7.60. The molecule has 0 saturated heterocycles. The lowest BCUT2D eigenvalue weighted by molar-refractivity contribution is -0.137. The molecule has 2 rings (SSSR count). The predicted octanol–water partition coefficient (Wildman–Crippen LogP) is 3.55. The van der Waals surface area contributed by atoms with Crippen LogP contribution in [0.4, 0.5) is 22.0 Å². The van der Waals surface area contributed by atoms with Crippen LogP contribution in [0.2, 0.25) is 0 Å². The molecule has 0 saturated carbocycles. The van der Waals surface area contributed by atoms with Crippen LogP contribution in [-0.2, 0) is 23.0 Å². The zero-order chi connectivity index (χ0) is 19.5. The summed E-state index contributed by atoms with van der Waals surface area (Å²) in [6.45, 7) is 0.835. The maximum absolute atomic E-state index is 13.8. The van der Waals surface area contributed by atoms with E-state index in [-0.39, 0.29) is 17.5 Å². The first-order valence-electron chi connectivity index (χ1n) is 7.60. The summed E-state index contributed by atoms with van der Waals surface area (Å²) in [4.78, 5) is 11.9. The fourth-order valence-electron chi connectivity index (χ4n) is 2.40. The highest BCUT2D eigenvalue weighted by Gasteiger charge is 2.31. The summed E-state index contributed by atoms with van der Waals surface area (Å²) in [5, 5.41) is 12.6. The van der Waals surface area contributed by atoms with Crippen molar-refractivity contribution < 1.29 is 31.9 Å². The van der Waals surface area contributed by atoms with Crippen molar-refractivity contribution >= 4 is 5.91 Å². The Morgan fingerprint density at radius 2 is 1.81 bits per heavy atom. The number of rotatable bonds is 5. The molecule has 0 fully saturated rings. The van der Waals surface area contributed by atoms with Crippen LogP contribution >= 0.6 is 0 Å². The summed E-state index contributed by atoms with van der Waals surface area (Å²) in [7, 11) is 0. The summed E-state index contributed by atoms with van der Waals surface area (Å²) < 4.78 is 64.7. The highest BCUT2D eigenvalue weighted by atomic mass is 19.4. The van der Waals surface area contributed by atoms with Gasteiger partial charge < -0.3 is 10.4 Å². The van der Waals surface area contributed by atoms with E-state index in [0.29, 0.717) is 6.07 Å². The largest absolute Gasteiger partial charge is 0.416 e. The van der Waals surface area contributed by atoms with Crippen LogP contribution in [0.15, 0.2) is 42.5 Å². The molecule has 26 heavy (non-hydrogen) atoms. The average molecular weight is 373 g/mol. The van der Waals surface area contributed by atoms with E-state index >= 15 is 0 Å². The van der Waals surface area contributed by atoms with Crippen molar-refractivity contribution in [2.75, 3.05) is 6.54 Å². The maximum atomic E-state index is 13.8. The lowest BCUT2D eigenvalue weighted by atomic mass is 9.95. The molecule has 140 valence electrons. The molecule has 2 aromatic rings. The Morgan fingerprint density at radius 1 is 1.12 bits per heavy atom. The minimum Gasteiger partial charge on any atom is -0.383 e. The second-order valence-corrected chi connectivity index (χ2v) is 6.05. The molecular formula is C18H16F5NO2. The number of nitrogens with one attached hydrogen (secondary N) is 1. The number of benzene rings is 2. The van der Waals surface area contributed by atoms with Crippen molar-refractivity contribution in [3.63, 3.8) is 0 Å². The molecule has 0 radical (unpaired) electrons. The summed E-state index contributed by atoms with van der Waals surface area (Å²) >= 11 is 0.